The van der Waals surface area contributed by atoms with Crippen LogP contribution in [-0.2, 0) is 36.8 Å². The molecule has 0 aliphatic carbocycles. The molecule has 238 valence electrons. The lowest BCUT2D eigenvalue weighted by molar-refractivity contribution is -0.143. The number of carboxylic acids is 1. The van der Waals surface area contributed by atoms with Crippen molar-refractivity contribution < 1.29 is 34.2 Å². The summed E-state index contributed by atoms with van der Waals surface area (Å²) in [5.74, 6) is -3.82. The van der Waals surface area contributed by atoms with Crippen molar-refractivity contribution in [3.05, 3.63) is 65.7 Å². The standard InChI is InChI=1S/C30H39N5O7S2/c1-29(2)23(34-25(38)20(31)14-18-10-12-19(36)13-11-18)27(40)32-16-22(37)33-21(15-17-8-6-5-7-9-17)26(39)35-24(28(41)42)30(3,4)44-43-29/h5-13,20-21,23-24,36H,14-16,31H2,1-4H3,(H,32,40)(H,33,37)(H,34,38)(H,35,39)(H,41,42)/t20-,21-,23?,24?/m0/s1. The number of carbonyl (C=O) groups excluding carboxylic acids is 4. The van der Waals surface area contributed by atoms with Crippen LogP contribution in [0.4, 0.5) is 0 Å². The van der Waals surface area contributed by atoms with Crippen molar-refractivity contribution in [3.63, 3.8) is 0 Å². The molecule has 0 saturated carbocycles. The number of aliphatic carboxylic acids is 1. The van der Waals surface area contributed by atoms with Gasteiger partial charge in [0.25, 0.3) is 0 Å². The van der Waals surface area contributed by atoms with E-state index in [2.05, 4.69) is 21.3 Å². The van der Waals surface area contributed by atoms with E-state index >= 15 is 0 Å². The fourth-order valence-electron chi connectivity index (χ4n) is 4.44. The third kappa shape index (κ3) is 9.63. The highest BCUT2D eigenvalue weighted by Crippen LogP contribution is 2.46. The maximum atomic E-state index is 13.5. The Hall–Kier alpha value is -3.75. The van der Waals surface area contributed by atoms with E-state index in [9.17, 15) is 34.2 Å². The predicted octanol–water partition coefficient (Wildman–Crippen LogP) is 1.11. The summed E-state index contributed by atoms with van der Waals surface area (Å²) in [4.78, 5) is 65.4. The van der Waals surface area contributed by atoms with E-state index in [0.29, 0.717) is 5.56 Å². The maximum Gasteiger partial charge on any atom is 0.327 e. The van der Waals surface area contributed by atoms with E-state index in [4.69, 9.17) is 5.73 Å². The Morgan fingerprint density at radius 1 is 0.932 bits per heavy atom. The Bertz CT molecular complexity index is 1360. The summed E-state index contributed by atoms with van der Waals surface area (Å²) in [5, 5.41) is 30.1. The zero-order valence-electron chi connectivity index (χ0n) is 25.0. The Morgan fingerprint density at radius 2 is 1.55 bits per heavy atom. The Labute approximate surface area is 264 Å². The molecule has 4 amide bonds. The number of carboxylic acid groups (broad SMARTS) is 1. The molecule has 8 N–H and O–H groups in total. The molecule has 0 aromatic heterocycles. The Kier molecular flexibility index (Phi) is 11.7. The molecule has 0 bridgehead atoms. The highest BCUT2D eigenvalue weighted by atomic mass is 33.1. The molecule has 1 aliphatic rings. The topological polar surface area (TPSA) is 200 Å². The monoisotopic (exact) mass is 645 g/mol. The number of hydrogen-bond donors (Lipinski definition) is 7. The smallest absolute Gasteiger partial charge is 0.327 e. The minimum atomic E-state index is -1.36. The lowest BCUT2D eigenvalue weighted by Gasteiger charge is -2.38. The molecule has 2 unspecified atom stereocenters. The quantitative estimate of drug-likeness (QED) is 0.214. The van der Waals surface area contributed by atoms with Crippen LogP contribution >= 0.6 is 21.6 Å². The molecule has 0 spiro atoms. The first-order valence-corrected chi connectivity index (χ1v) is 16.1. The van der Waals surface area contributed by atoms with Gasteiger partial charge in [0.05, 0.1) is 17.3 Å². The molecular formula is C30H39N5O7S2. The van der Waals surface area contributed by atoms with Gasteiger partial charge in [-0.3, -0.25) is 19.2 Å². The second-order valence-electron chi connectivity index (χ2n) is 11.6. The van der Waals surface area contributed by atoms with Gasteiger partial charge in [-0.1, -0.05) is 64.1 Å². The Morgan fingerprint density at radius 3 is 2.16 bits per heavy atom. The van der Waals surface area contributed by atoms with Gasteiger partial charge in [0.15, 0.2) is 0 Å². The summed E-state index contributed by atoms with van der Waals surface area (Å²) in [7, 11) is 2.32. The van der Waals surface area contributed by atoms with Crippen LogP contribution in [0, 0.1) is 0 Å². The second-order valence-corrected chi connectivity index (χ2v) is 15.0. The van der Waals surface area contributed by atoms with Crippen molar-refractivity contribution in [2.24, 2.45) is 5.73 Å². The van der Waals surface area contributed by atoms with Crippen molar-refractivity contribution >= 4 is 51.2 Å². The third-order valence-electron chi connectivity index (χ3n) is 7.03. The van der Waals surface area contributed by atoms with Gasteiger partial charge in [-0.25, -0.2) is 4.79 Å². The van der Waals surface area contributed by atoms with E-state index in [0.717, 1.165) is 16.4 Å². The molecule has 1 fully saturated rings. The largest absolute Gasteiger partial charge is 0.508 e. The summed E-state index contributed by atoms with van der Waals surface area (Å²) < 4.78 is -2.14. The first-order valence-electron chi connectivity index (χ1n) is 13.9. The fourth-order valence-corrected chi connectivity index (χ4v) is 7.26. The van der Waals surface area contributed by atoms with Crippen LogP contribution in [0.5, 0.6) is 5.75 Å². The summed E-state index contributed by atoms with van der Waals surface area (Å²) in [6.45, 7) is 6.21. The van der Waals surface area contributed by atoms with Crippen molar-refractivity contribution in [3.8, 4) is 5.75 Å². The minimum Gasteiger partial charge on any atom is -0.508 e. The number of hydrogen-bond acceptors (Lipinski definition) is 9. The van der Waals surface area contributed by atoms with Crippen LogP contribution < -0.4 is 27.0 Å². The van der Waals surface area contributed by atoms with Crippen LogP contribution in [0.25, 0.3) is 0 Å². The minimum absolute atomic E-state index is 0.0718. The summed E-state index contributed by atoms with van der Waals surface area (Å²) in [6.07, 6.45) is 0.229. The van der Waals surface area contributed by atoms with Crippen LogP contribution in [-0.4, -0.2) is 80.0 Å². The number of phenols is 1. The predicted molar refractivity (Wildman–Crippen MR) is 170 cm³/mol. The number of nitrogens with two attached hydrogens (primary N) is 1. The Balaban J connectivity index is 1.88. The highest BCUT2D eigenvalue weighted by molar-refractivity contribution is 8.77. The number of benzene rings is 2. The summed E-state index contributed by atoms with van der Waals surface area (Å²) in [6, 6.07) is 10.5. The van der Waals surface area contributed by atoms with Crippen molar-refractivity contribution in [2.75, 3.05) is 6.54 Å². The van der Waals surface area contributed by atoms with E-state index in [1.54, 1.807) is 70.2 Å². The molecule has 14 heteroatoms. The van der Waals surface area contributed by atoms with Gasteiger partial charge in [0.2, 0.25) is 23.6 Å². The van der Waals surface area contributed by atoms with Crippen LogP contribution in [0.15, 0.2) is 54.6 Å². The molecule has 1 heterocycles. The zero-order valence-corrected chi connectivity index (χ0v) is 26.6. The first kappa shape index (κ1) is 34.7. The van der Waals surface area contributed by atoms with E-state index in [1.165, 1.54) is 22.9 Å². The van der Waals surface area contributed by atoms with Gasteiger partial charge in [-0.15, -0.1) is 0 Å². The number of nitrogens with one attached hydrogen (secondary N) is 4. The number of phenolic OH excluding ortho intramolecular Hbond substituents is 1. The van der Waals surface area contributed by atoms with Crippen LogP contribution in [0.1, 0.15) is 38.8 Å². The number of aromatic hydroxyl groups is 1. The maximum absolute atomic E-state index is 13.5. The average molecular weight is 646 g/mol. The van der Waals surface area contributed by atoms with E-state index in [1.807, 2.05) is 0 Å². The highest BCUT2D eigenvalue weighted by Gasteiger charge is 2.44. The molecule has 2 aromatic carbocycles. The molecular weight excluding hydrogens is 606 g/mol. The van der Waals surface area contributed by atoms with Gasteiger partial charge in [0, 0.05) is 11.2 Å². The fraction of sp³-hybridized carbons (Fsp3) is 0.433. The number of amides is 4. The molecule has 3 rings (SSSR count). The van der Waals surface area contributed by atoms with E-state index < -0.39 is 69.8 Å². The van der Waals surface area contributed by atoms with Crippen molar-refractivity contribution in [2.45, 2.75) is 74.2 Å². The van der Waals surface area contributed by atoms with Crippen molar-refractivity contribution in [1.82, 2.24) is 21.3 Å². The molecule has 1 saturated heterocycles. The third-order valence-corrected chi connectivity index (χ3v) is 11.3. The molecule has 1 aliphatic heterocycles. The lowest BCUT2D eigenvalue weighted by Crippen LogP contribution is -2.61. The molecule has 44 heavy (non-hydrogen) atoms. The number of carbonyl (C=O) groups is 5. The second kappa shape index (κ2) is 14.8. The van der Waals surface area contributed by atoms with Crippen LogP contribution in [0.2, 0.25) is 0 Å². The van der Waals surface area contributed by atoms with E-state index in [-0.39, 0.29) is 18.6 Å². The zero-order chi connectivity index (χ0) is 32.7. The molecule has 12 nitrogen and oxygen atoms in total. The van der Waals surface area contributed by atoms with Crippen LogP contribution in [0.3, 0.4) is 0 Å². The lowest BCUT2D eigenvalue weighted by atomic mass is 10.00. The summed E-state index contributed by atoms with van der Waals surface area (Å²) in [5.41, 5.74) is 7.61. The molecule has 2 aromatic rings. The van der Waals surface area contributed by atoms with Gasteiger partial charge < -0.3 is 37.2 Å². The molecule has 0 radical (unpaired) electrons. The van der Waals surface area contributed by atoms with Gasteiger partial charge in [0.1, 0.15) is 23.9 Å². The van der Waals surface area contributed by atoms with Crippen molar-refractivity contribution in [1.29, 1.82) is 0 Å². The SMILES string of the molecule is CC1(C)SSC(C)(C)C(NC(=O)[C@@H](N)Cc2ccc(O)cc2)C(=O)NCC(=O)N[C@@H](Cc2ccccc2)C(=O)NC1C(=O)O. The number of rotatable bonds is 7. The molecule has 4 atom stereocenters. The first-order chi connectivity index (χ1) is 20.6. The average Bonchev–Trinajstić information content (AvgIpc) is 2.96. The summed E-state index contributed by atoms with van der Waals surface area (Å²) >= 11 is 0. The normalized spacial score (nSPS) is 23.2. The van der Waals surface area contributed by atoms with Gasteiger partial charge in [-0.2, -0.15) is 0 Å². The van der Waals surface area contributed by atoms with Gasteiger partial charge in [-0.05, 0) is 57.4 Å². The van der Waals surface area contributed by atoms with Gasteiger partial charge >= 0.3 is 5.97 Å².